The molecule has 4 N–H and O–H groups in total. The molecule has 2 heterocycles. The molecule has 2 aliphatic heterocycles. The van der Waals surface area contributed by atoms with E-state index >= 15 is 0 Å². The number of rotatable bonds is 3. The average Bonchev–Trinajstić information content (AvgIpc) is 2.87. The van der Waals surface area contributed by atoms with E-state index in [1.54, 1.807) is 18.2 Å². The summed E-state index contributed by atoms with van der Waals surface area (Å²) in [4.78, 5) is 47.3. The van der Waals surface area contributed by atoms with Crippen molar-refractivity contribution in [3.8, 4) is 0 Å². The SMILES string of the molecule is O=C1CC(O)(C(c2ccccc2)C2(O)CC(=O)NC2=O)C(=O)N1. The smallest absolute Gasteiger partial charge is 0.259 e. The first-order valence-corrected chi connectivity index (χ1v) is 6.95. The number of carbonyl (C=O) groups is 4. The van der Waals surface area contributed by atoms with E-state index in [0.717, 1.165) is 0 Å². The highest BCUT2D eigenvalue weighted by Crippen LogP contribution is 2.45. The van der Waals surface area contributed by atoms with Gasteiger partial charge in [0.15, 0.2) is 11.2 Å². The fourth-order valence-electron chi connectivity index (χ4n) is 3.27. The lowest BCUT2D eigenvalue weighted by atomic mass is 9.69. The van der Waals surface area contributed by atoms with Crippen LogP contribution in [0.1, 0.15) is 24.3 Å². The maximum absolute atomic E-state index is 12.1. The van der Waals surface area contributed by atoms with E-state index in [9.17, 15) is 29.4 Å². The molecule has 8 nitrogen and oxygen atoms in total. The van der Waals surface area contributed by atoms with Gasteiger partial charge in [-0.3, -0.25) is 29.8 Å². The van der Waals surface area contributed by atoms with Crippen LogP contribution in [0.2, 0.25) is 0 Å². The molecule has 0 aromatic heterocycles. The predicted molar refractivity (Wildman–Crippen MR) is 74.6 cm³/mol. The monoisotopic (exact) mass is 318 g/mol. The Kier molecular flexibility index (Phi) is 3.31. The largest absolute Gasteiger partial charge is 0.379 e. The normalized spacial score (nSPS) is 31.9. The van der Waals surface area contributed by atoms with Crippen LogP contribution in [0, 0.1) is 0 Å². The molecule has 1 aromatic carbocycles. The van der Waals surface area contributed by atoms with Gasteiger partial charge < -0.3 is 10.2 Å². The Morgan fingerprint density at radius 3 is 1.61 bits per heavy atom. The summed E-state index contributed by atoms with van der Waals surface area (Å²) in [5, 5.41) is 25.5. The number of benzene rings is 1. The van der Waals surface area contributed by atoms with Gasteiger partial charge in [0, 0.05) is 0 Å². The molecule has 23 heavy (non-hydrogen) atoms. The van der Waals surface area contributed by atoms with E-state index in [0.29, 0.717) is 0 Å². The first-order chi connectivity index (χ1) is 10.8. The molecule has 0 aliphatic carbocycles. The van der Waals surface area contributed by atoms with E-state index in [4.69, 9.17) is 0 Å². The average molecular weight is 318 g/mol. The van der Waals surface area contributed by atoms with E-state index in [-0.39, 0.29) is 5.56 Å². The van der Waals surface area contributed by atoms with Gasteiger partial charge in [-0.05, 0) is 5.56 Å². The third-order valence-electron chi connectivity index (χ3n) is 4.24. The van der Waals surface area contributed by atoms with Gasteiger partial charge in [0.05, 0.1) is 18.8 Å². The number of aliphatic hydroxyl groups is 2. The lowest BCUT2D eigenvalue weighted by Crippen LogP contribution is -2.56. The summed E-state index contributed by atoms with van der Waals surface area (Å²) < 4.78 is 0. The fourth-order valence-corrected chi connectivity index (χ4v) is 3.27. The van der Waals surface area contributed by atoms with Crippen molar-refractivity contribution in [3.05, 3.63) is 35.9 Å². The molecule has 2 aliphatic rings. The molecule has 3 rings (SSSR count). The van der Waals surface area contributed by atoms with Gasteiger partial charge in [-0.15, -0.1) is 0 Å². The molecule has 2 atom stereocenters. The summed E-state index contributed by atoms with van der Waals surface area (Å²) >= 11 is 0. The number of nitrogens with one attached hydrogen (secondary N) is 2. The summed E-state index contributed by atoms with van der Waals surface area (Å²) in [6.07, 6.45) is -1.20. The lowest BCUT2D eigenvalue weighted by Gasteiger charge is -2.38. The molecule has 8 heteroatoms. The van der Waals surface area contributed by atoms with Crippen molar-refractivity contribution in [3.63, 3.8) is 0 Å². The summed E-state index contributed by atoms with van der Waals surface area (Å²) in [6, 6.07) is 7.88. The Balaban J connectivity index is 2.16. The highest BCUT2D eigenvalue weighted by molar-refractivity contribution is 6.11. The van der Waals surface area contributed by atoms with Crippen molar-refractivity contribution < 1.29 is 29.4 Å². The quantitative estimate of drug-likeness (QED) is 0.492. The molecule has 2 unspecified atom stereocenters. The standard InChI is InChI=1S/C15H14N2O6/c18-9-6-14(22,12(20)16-9)11(8-4-2-1-3-5-8)15(23)7-10(19)17-13(15)21/h1-5,11,22-23H,6-7H2,(H,16,18,20)(H,17,19,21). The summed E-state index contributed by atoms with van der Waals surface area (Å²) in [5.74, 6) is -4.90. The summed E-state index contributed by atoms with van der Waals surface area (Å²) in [5.41, 5.74) is -4.38. The Labute approximate surface area is 130 Å². The number of carbonyl (C=O) groups excluding carboxylic acids is 4. The van der Waals surface area contributed by atoms with Crippen molar-refractivity contribution in [2.75, 3.05) is 0 Å². The lowest BCUT2D eigenvalue weighted by molar-refractivity contribution is -0.155. The van der Waals surface area contributed by atoms with Gasteiger partial charge >= 0.3 is 0 Å². The maximum Gasteiger partial charge on any atom is 0.259 e. The van der Waals surface area contributed by atoms with Gasteiger partial charge in [0.1, 0.15) is 0 Å². The third kappa shape index (κ3) is 2.23. The van der Waals surface area contributed by atoms with Crippen LogP contribution in [0.15, 0.2) is 30.3 Å². The van der Waals surface area contributed by atoms with Crippen LogP contribution < -0.4 is 10.6 Å². The second-order valence-electron chi connectivity index (χ2n) is 5.80. The molecule has 0 bridgehead atoms. The van der Waals surface area contributed by atoms with Crippen LogP contribution in [-0.2, 0) is 19.2 Å². The summed E-state index contributed by atoms with van der Waals surface area (Å²) in [7, 11) is 0. The highest BCUT2D eigenvalue weighted by Gasteiger charge is 2.63. The van der Waals surface area contributed by atoms with Crippen molar-refractivity contribution in [2.24, 2.45) is 0 Å². The molecule has 2 saturated heterocycles. The predicted octanol–water partition coefficient (Wildman–Crippen LogP) is -1.67. The highest BCUT2D eigenvalue weighted by atomic mass is 16.3. The van der Waals surface area contributed by atoms with Crippen molar-refractivity contribution in [1.29, 1.82) is 0 Å². The van der Waals surface area contributed by atoms with Crippen molar-refractivity contribution in [2.45, 2.75) is 30.0 Å². The first-order valence-electron chi connectivity index (χ1n) is 6.95. The van der Waals surface area contributed by atoms with Gasteiger partial charge in [0.25, 0.3) is 11.8 Å². The molecular weight excluding hydrogens is 304 g/mol. The number of amides is 4. The van der Waals surface area contributed by atoms with Crippen LogP contribution >= 0.6 is 0 Å². The molecule has 0 radical (unpaired) electrons. The van der Waals surface area contributed by atoms with E-state index < -0.39 is 53.6 Å². The molecule has 2 fully saturated rings. The molecule has 4 amide bonds. The molecule has 120 valence electrons. The van der Waals surface area contributed by atoms with Crippen molar-refractivity contribution in [1.82, 2.24) is 10.6 Å². The number of imide groups is 2. The Bertz CT molecular complexity index is 676. The topological polar surface area (TPSA) is 133 Å². The van der Waals surface area contributed by atoms with Crippen LogP contribution in [0.4, 0.5) is 0 Å². The molecule has 1 aromatic rings. The fraction of sp³-hybridized carbons (Fsp3) is 0.333. The van der Waals surface area contributed by atoms with Crippen molar-refractivity contribution >= 4 is 23.6 Å². The van der Waals surface area contributed by atoms with Crippen LogP contribution in [0.3, 0.4) is 0 Å². The minimum Gasteiger partial charge on any atom is -0.379 e. The van der Waals surface area contributed by atoms with Gasteiger partial charge in [0.2, 0.25) is 11.8 Å². The Morgan fingerprint density at radius 1 is 0.826 bits per heavy atom. The second-order valence-corrected chi connectivity index (χ2v) is 5.80. The third-order valence-corrected chi connectivity index (χ3v) is 4.24. The molecule has 0 saturated carbocycles. The minimum atomic E-state index is -2.32. The zero-order valence-corrected chi connectivity index (χ0v) is 11.9. The van der Waals surface area contributed by atoms with E-state index in [2.05, 4.69) is 0 Å². The molecular formula is C15H14N2O6. The van der Waals surface area contributed by atoms with Crippen LogP contribution in [0.5, 0.6) is 0 Å². The Morgan fingerprint density at radius 2 is 1.26 bits per heavy atom. The van der Waals surface area contributed by atoms with Crippen LogP contribution in [-0.4, -0.2) is 45.0 Å². The second kappa shape index (κ2) is 4.97. The van der Waals surface area contributed by atoms with Gasteiger partial charge in [-0.25, -0.2) is 0 Å². The Hall–Kier alpha value is -2.58. The first kappa shape index (κ1) is 15.3. The maximum atomic E-state index is 12.1. The van der Waals surface area contributed by atoms with E-state index in [1.165, 1.54) is 12.1 Å². The number of hydrogen-bond donors (Lipinski definition) is 4. The zero-order chi connectivity index (χ0) is 16.8. The van der Waals surface area contributed by atoms with Gasteiger partial charge in [-0.2, -0.15) is 0 Å². The van der Waals surface area contributed by atoms with Crippen LogP contribution in [0.25, 0.3) is 0 Å². The van der Waals surface area contributed by atoms with E-state index in [1.807, 2.05) is 10.6 Å². The number of hydrogen-bond acceptors (Lipinski definition) is 6. The summed E-state index contributed by atoms with van der Waals surface area (Å²) in [6.45, 7) is 0. The minimum absolute atomic E-state index is 0.271. The van der Waals surface area contributed by atoms with Gasteiger partial charge in [-0.1, -0.05) is 30.3 Å². The zero-order valence-electron chi connectivity index (χ0n) is 11.9. The molecule has 0 spiro atoms.